The van der Waals surface area contributed by atoms with E-state index in [4.69, 9.17) is 14.8 Å². The first-order chi connectivity index (χ1) is 9.58. The predicted molar refractivity (Wildman–Crippen MR) is 72.4 cm³/mol. The Morgan fingerprint density at radius 2 is 2.10 bits per heavy atom. The zero-order valence-electron chi connectivity index (χ0n) is 10.4. The van der Waals surface area contributed by atoms with Gasteiger partial charge >= 0.3 is 5.97 Å². The molecule has 0 spiro atoms. The van der Waals surface area contributed by atoms with E-state index < -0.39 is 16.8 Å². The minimum atomic E-state index is -1.23. The van der Waals surface area contributed by atoms with Gasteiger partial charge in [-0.05, 0) is 29.8 Å². The second-order valence-electron chi connectivity index (χ2n) is 4.11. The van der Waals surface area contributed by atoms with E-state index in [0.29, 0.717) is 17.1 Å². The molecule has 0 aliphatic rings. The van der Waals surface area contributed by atoms with Crippen molar-refractivity contribution in [1.82, 2.24) is 0 Å². The third-order valence-corrected chi connectivity index (χ3v) is 3.82. The Morgan fingerprint density at radius 3 is 2.75 bits per heavy atom. The van der Waals surface area contributed by atoms with Crippen LogP contribution in [-0.2, 0) is 22.3 Å². The molecule has 0 aliphatic carbocycles. The van der Waals surface area contributed by atoms with Crippen LogP contribution in [0.15, 0.2) is 40.8 Å². The zero-order valence-corrected chi connectivity index (χ0v) is 11.2. The first-order valence-corrected chi connectivity index (χ1v) is 7.23. The van der Waals surface area contributed by atoms with Gasteiger partial charge in [0.15, 0.2) is 0 Å². The minimum Gasteiger partial charge on any atom is -0.475 e. The molecule has 0 saturated carbocycles. The smallest absolute Gasteiger partial charge is 0.371 e. The van der Waals surface area contributed by atoms with E-state index in [2.05, 4.69) is 0 Å². The number of carboxylic acid groups (broad SMARTS) is 1. The first kappa shape index (κ1) is 14.0. The number of rotatable bonds is 5. The number of carbonyl (C=O) groups is 1. The quantitative estimate of drug-likeness (QED) is 0.911. The monoisotopic (exact) mass is 289 g/mol. The van der Waals surface area contributed by atoms with Crippen LogP contribution in [0.25, 0.3) is 0 Å². The SMILES string of the molecule is N#Cc1cccc(CS(=O)Cc2ccc(C(=O)O)o2)c1. The number of nitriles is 1. The maximum atomic E-state index is 12.0. The number of nitrogens with zero attached hydrogens (tertiary/aromatic N) is 1. The van der Waals surface area contributed by atoms with Crippen molar-refractivity contribution in [2.24, 2.45) is 0 Å². The van der Waals surface area contributed by atoms with E-state index in [0.717, 1.165) is 5.56 Å². The fourth-order valence-electron chi connectivity index (χ4n) is 1.70. The van der Waals surface area contributed by atoms with Crippen molar-refractivity contribution < 1.29 is 18.5 Å². The Bertz CT molecular complexity index is 699. The van der Waals surface area contributed by atoms with Crippen LogP contribution < -0.4 is 0 Å². The molecular formula is C14H11NO4S. The molecule has 0 amide bonds. The molecule has 2 aromatic rings. The Morgan fingerprint density at radius 1 is 1.30 bits per heavy atom. The van der Waals surface area contributed by atoms with Crippen molar-refractivity contribution in [3.05, 3.63) is 59.0 Å². The molecule has 0 radical (unpaired) electrons. The maximum absolute atomic E-state index is 12.0. The molecule has 0 bridgehead atoms. The molecule has 1 aromatic heterocycles. The van der Waals surface area contributed by atoms with Gasteiger partial charge in [-0.25, -0.2) is 4.79 Å². The second-order valence-corrected chi connectivity index (χ2v) is 5.57. The van der Waals surface area contributed by atoms with Gasteiger partial charge in [0.2, 0.25) is 5.76 Å². The van der Waals surface area contributed by atoms with Crippen molar-refractivity contribution in [3.8, 4) is 6.07 Å². The average molecular weight is 289 g/mol. The van der Waals surface area contributed by atoms with Crippen molar-refractivity contribution >= 4 is 16.8 Å². The van der Waals surface area contributed by atoms with Crippen molar-refractivity contribution in [1.29, 1.82) is 5.26 Å². The number of furan rings is 1. The fraction of sp³-hybridized carbons (Fsp3) is 0.143. The van der Waals surface area contributed by atoms with Gasteiger partial charge in [0.1, 0.15) is 5.76 Å². The molecule has 2 rings (SSSR count). The molecule has 1 atom stereocenters. The van der Waals surface area contributed by atoms with Crippen LogP contribution in [0.1, 0.15) is 27.4 Å². The molecule has 0 aliphatic heterocycles. The van der Waals surface area contributed by atoms with Crippen molar-refractivity contribution in [2.45, 2.75) is 11.5 Å². The van der Waals surface area contributed by atoms with Gasteiger partial charge in [0.05, 0.1) is 17.4 Å². The lowest BCUT2D eigenvalue weighted by Gasteiger charge is -2.01. The minimum absolute atomic E-state index is 0.143. The van der Waals surface area contributed by atoms with Gasteiger partial charge in [0, 0.05) is 16.6 Å². The van der Waals surface area contributed by atoms with Crippen LogP contribution in [0.4, 0.5) is 0 Å². The number of hydrogen-bond acceptors (Lipinski definition) is 4. The third kappa shape index (κ3) is 3.56. The van der Waals surface area contributed by atoms with E-state index in [-0.39, 0.29) is 11.5 Å². The van der Waals surface area contributed by atoms with Gasteiger partial charge in [-0.2, -0.15) is 5.26 Å². The third-order valence-electron chi connectivity index (χ3n) is 2.56. The Balaban J connectivity index is 2.01. The Hall–Kier alpha value is -2.39. The second kappa shape index (κ2) is 6.17. The van der Waals surface area contributed by atoms with Gasteiger partial charge < -0.3 is 9.52 Å². The molecule has 102 valence electrons. The van der Waals surface area contributed by atoms with Gasteiger partial charge in [-0.1, -0.05) is 12.1 Å². The standard InChI is InChI=1S/C14H11NO4S/c15-7-10-2-1-3-11(6-10)8-20(18)9-12-4-5-13(19-12)14(16)17/h1-6H,8-9H2,(H,16,17). The van der Waals surface area contributed by atoms with Crippen LogP contribution >= 0.6 is 0 Å². The summed E-state index contributed by atoms with van der Waals surface area (Å²) in [6.45, 7) is 0. The topological polar surface area (TPSA) is 91.3 Å². The molecule has 0 saturated heterocycles. The van der Waals surface area contributed by atoms with Crippen LogP contribution in [0.2, 0.25) is 0 Å². The summed E-state index contributed by atoms with van der Waals surface area (Å²) in [5.74, 6) is -0.507. The summed E-state index contributed by atoms with van der Waals surface area (Å²) in [5, 5.41) is 17.5. The van der Waals surface area contributed by atoms with E-state index in [1.54, 1.807) is 24.3 Å². The fourth-order valence-corrected chi connectivity index (χ4v) is 2.82. The van der Waals surface area contributed by atoms with Gasteiger partial charge in [0.25, 0.3) is 0 Å². The van der Waals surface area contributed by atoms with Gasteiger partial charge in [-0.15, -0.1) is 0 Å². The summed E-state index contributed by atoms with van der Waals surface area (Å²) < 4.78 is 17.0. The lowest BCUT2D eigenvalue weighted by atomic mass is 10.2. The normalized spacial score (nSPS) is 11.8. The van der Waals surface area contributed by atoms with E-state index in [9.17, 15) is 9.00 Å². The highest BCUT2D eigenvalue weighted by Crippen LogP contribution is 2.13. The van der Waals surface area contributed by atoms with E-state index >= 15 is 0 Å². The highest BCUT2D eigenvalue weighted by atomic mass is 32.2. The number of hydrogen-bond donors (Lipinski definition) is 1. The summed E-state index contributed by atoms with van der Waals surface area (Å²) in [6.07, 6.45) is 0. The molecular weight excluding hydrogens is 278 g/mol. The van der Waals surface area contributed by atoms with Crippen molar-refractivity contribution in [2.75, 3.05) is 0 Å². The molecule has 1 N–H and O–H groups in total. The number of carboxylic acids is 1. The van der Waals surface area contributed by atoms with Crippen LogP contribution in [0.3, 0.4) is 0 Å². The number of benzene rings is 1. The van der Waals surface area contributed by atoms with E-state index in [1.807, 2.05) is 6.07 Å². The largest absolute Gasteiger partial charge is 0.475 e. The number of aromatic carboxylic acids is 1. The van der Waals surface area contributed by atoms with Crippen LogP contribution in [-0.4, -0.2) is 15.3 Å². The molecule has 1 aromatic carbocycles. The van der Waals surface area contributed by atoms with E-state index in [1.165, 1.54) is 12.1 Å². The molecule has 0 fully saturated rings. The predicted octanol–water partition coefficient (Wildman–Crippen LogP) is 2.30. The van der Waals surface area contributed by atoms with Crippen LogP contribution in [0, 0.1) is 11.3 Å². The summed E-state index contributed by atoms with van der Waals surface area (Å²) >= 11 is 0. The van der Waals surface area contributed by atoms with Crippen molar-refractivity contribution in [3.63, 3.8) is 0 Å². The highest BCUT2D eigenvalue weighted by Gasteiger charge is 2.11. The Labute approximate surface area is 117 Å². The molecule has 6 heteroatoms. The average Bonchev–Trinajstić information content (AvgIpc) is 2.87. The van der Waals surface area contributed by atoms with Gasteiger partial charge in [-0.3, -0.25) is 4.21 Å². The Kier molecular flexibility index (Phi) is 4.33. The molecule has 20 heavy (non-hydrogen) atoms. The lowest BCUT2D eigenvalue weighted by Crippen LogP contribution is -1.99. The molecule has 1 unspecified atom stereocenters. The molecule has 5 nitrogen and oxygen atoms in total. The summed E-state index contributed by atoms with van der Waals surface area (Å²) in [4.78, 5) is 10.7. The first-order valence-electron chi connectivity index (χ1n) is 5.74. The zero-order chi connectivity index (χ0) is 14.5. The summed E-state index contributed by atoms with van der Waals surface area (Å²) in [6, 6.07) is 11.8. The maximum Gasteiger partial charge on any atom is 0.371 e. The molecule has 1 heterocycles. The highest BCUT2D eigenvalue weighted by molar-refractivity contribution is 7.83. The lowest BCUT2D eigenvalue weighted by molar-refractivity contribution is 0.0661. The summed E-state index contributed by atoms with van der Waals surface area (Å²) in [7, 11) is -1.23. The van der Waals surface area contributed by atoms with Crippen LogP contribution in [0.5, 0.6) is 0 Å². The summed E-state index contributed by atoms with van der Waals surface area (Å²) in [5.41, 5.74) is 1.32.